The molecule has 0 aromatic heterocycles. The Bertz CT molecular complexity index is 604. The second kappa shape index (κ2) is 6.85. The molecule has 5 heteroatoms. The minimum Gasteiger partial charge on any atom is -0.386 e. The second-order valence-electron chi connectivity index (χ2n) is 4.72. The molecule has 2 atom stereocenters. The van der Waals surface area contributed by atoms with Crippen LogP contribution in [0.15, 0.2) is 54.6 Å². The van der Waals surface area contributed by atoms with Crippen molar-refractivity contribution < 1.29 is 14.3 Å². The molecule has 0 fully saturated rings. The lowest BCUT2D eigenvalue weighted by molar-refractivity contribution is 0.139. The molecule has 2 amide bonds. The minimum atomic E-state index is -0.836. The van der Waals surface area contributed by atoms with E-state index < -0.39 is 24.0 Å². The standard InChI is InChI=1S/C16H17FN2O2/c1-11(15(20)12-7-3-2-4-8-12)18-16(21)19-14-10-6-5-9-13(14)17/h2-11,15,20H,1H3,(H2,18,19,21)/t11-,15+/m1/s1. The van der Waals surface area contributed by atoms with Crippen LogP contribution in [0.1, 0.15) is 18.6 Å². The topological polar surface area (TPSA) is 61.4 Å². The quantitative estimate of drug-likeness (QED) is 0.809. The molecule has 2 rings (SSSR count). The van der Waals surface area contributed by atoms with Crippen LogP contribution in [-0.2, 0) is 0 Å². The van der Waals surface area contributed by atoms with E-state index >= 15 is 0 Å². The number of carbonyl (C=O) groups is 1. The van der Waals surface area contributed by atoms with Gasteiger partial charge in [0.1, 0.15) is 5.82 Å². The van der Waals surface area contributed by atoms with Crippen molar-refractivity contribution in [3.63, 3.8) is 0 Å². The molecule has 0 saturated carbocycles. The van der Waals surface area contributed by atoms with Crippen LogP contribution in [0, 0.1) is 5.82 Å². The van der Waals surface area contributed by atoms with Gasteiger partial charge in [-0.25, -0.2) is 9.18 Å². The number of rotatable bonds is 4. The van der Waals surface area contributed by atoms with E-state index in [1.165, 1.54) is 12.1 Å². The number of anilines is 1. The molecule has 0 heterocycles. The van der Waals surface area contributed by atoms with Gasteiger partial charge in [-0.05, 0) is 24.6 Å². The van der Waals surface area contributed by atoms with Crippen molar-refractivity contribution in [2.45, 2.75) is 19.1 Å². The van der Waals surface area contributed by atoms with E-state index in [-0.39, 0.29) is 5.69 Å². The van der Waals surface area contributed by atoms with Gasteiger partial charge in [-0.1, -0.05) is 42.5 Å². The third kappa shape index (κ3) is 4.03. The summed E-state index contributed by atoms with van der Waals surface area (Å²) in [6, 6.07) is 13.8. The maximum Gasteiger partial charge on any atom is 0.319 e. The summed E-state index contributed by atoms with van der Waals surface area (Å²) < 4.78 is 13.4. The van der Waals surface area contributed by atoms with Gasteiger partial charge in [0.05, 0.1) is 17.8 Å². The van der Waals surface area contributed by atoms with Gasteiger partial charge in [0.15, 0.2) is 0 Å². The van der Waals surface area contributed by atoms with Gasteiger partial charge in [-0.2, -0.15) is 0 Å². The van der Waals surface area contributed by atoms with E-state index in [0.29, 0.717) is 5.56 Å². The van der Waals surface area contributed by atoms with Gasteiger partial charge in [-0.3, -0.25) is 0 Å². The summed E-state index contributed by atoms with van der Waals surface area (Å²) in [6.07, 6.45) is -0.836. The molecule has 110 valence electrons. The third-order valence-corrected chi connectivity index (χ3v) is 3.10. The summed E-state index contributed by atoms with van der Waals surface area (Å²) in [7, 11) is 0. The Labute approximate surface area is 122 Å². The SMILES string of the molecule is C[C@@H](NC(=O)Nc1ccccc1F)[C@H](O)c1ccccc1. The zero-order chi connectivity index (χ0) is 15.2. The first-order valence-corrected chi connectivity index (χ1v) is 6.63. The molecule has 4 nitrogen and oxygen atoms in total. The van der Waals surface area contributed by atoms with Crippen molar-refractivity contribution in [1.82, 2.24) is 5.32 Å². The van der Waals surface area contributed by atoms with Gasteiger partial charge in [0.2, 0.25) is 0 Å². The van der Waals surface area contributed by atoms with Gasteiger partial charge < -0.3 is 15.7 Å². The predicted molar refractivity (Wildman–Crippen MR) is 79.4 cm³/mol. The molecule has 0 aliphatic carbocycles. The van der Waals surface area contributed by atoms with Crippen LogP contribution in [0.25, 0.3) is 0 Å². The Balaban J connectivity index is 1.95. The lowest BCUT2D eigenvalue weighted by Crippen LogP contribution is -2.39. The summed E-state index contributed by atoms with van der Waals surface area (Å²) in [5.74, 6) is -0.510. The Morgan fingerprint density at radius 3 is 2.38 bits per heavy atom. The number of halogens is 1. The summed E-state index contributed by atoms with van der Waals surface area (Å²) >= 11 is 0. The molecule has 0 radical (unpaired) electrons. The molecule has 21 heavy (non-hydrogen) atoms. The van der Waals surface area contributed by atoms with E-state index in [1.807, 2.05) is 18.2 Å². The number of hydrogen-bond acceptors (Lipinski definition) is 2. The van der Waals surface area contributed by atoms with E-state index in [1.54, 1.807) is 31.2 Å². The number of aliphatic hydroxyl groups excluding tert-OH is 1. The predicted octanol–water partition coefficient (Wildman–Crippen LogP) is 3.07. The first kappa shape index (κ1) is 15.0. The molecule has 2 aromatic carbocycles. The van der Waals surface area contributed by atoms with Crippen molar-refractivity contribution in [3.05, 3.63) is 66.0 Å². The lowest BCUT2D eigenvalue weighted by atomic mass is 10.0. The third-order valence-electron chi connectivity index (χ3n) is 3.10. The van der Waals surface area contributed by atoms with Gasteiger partial charge >= 0.3 is 6.03 Å². The first-order chi connectivity index (χ1) is 10.1. The Kier molecular flexibility index (Phi) is 4.90. The van der Waals surface area contributed by atoms with Crippen LogP contribution in [0.3, 0.4) is 0 Å². The summed E-state index contributed by atoms with van der Waals surface area (Å²) in [5.41, 5.74) is 0.799. The molecule has 2 aromatic rings. The fourth-order valence-electron chi connectivity index (χ4n) is 1.95. The average Bonchev–Trinajstić information content (AvgIpc) is 2.49. The van der Waals surface area contributed by atoms with Crippen LogP contribution in [0.5, 0.6) is 0 Å². The van der Waals surface area contributed by atoms with Crippen LogP contribution in [0.2, 0.25) is 0 Å². The highest BCUT2D eigenvalue weighted by Gasteiger charge is 2.18. The number of hydrogen-bond donors (Lipinski definition) is 3. The van der Waals surface area contributed by atoms with Gasteiger partial charge in [0.25, 0.3) is 0 Å². The van der Waals surface area contributed by atoms with Crippen molar-refractivity contribution in [1.29, 1.82) is 0 Å². The van der Waals surface area contributed by atoms with E-state index in [0.717, 1.165) is 0 Å². The highest BCUT2D eigenvalue weighted by molar-refractivity contribution is 5.89. The van der Waals surface area contributed by atoms with E-state index in [4.69, 9.17) is 0 Å². The highest BCUT2D eigenvalue weighted by atomic mass is 19.1. The number of para-hydroxylation sites is 1. The number of urea groups is 1. The van der Waals surface area contributed by atoms with Crippen molar-refractivity contribution >= 4 is 11.7 Å². The van der Waals surface area contributed by atoms with Crippen LogP contribution >= 0.6 is 0 Å². The monoisotopic (exact) mass is 288 g/mol. The lowest BCUT2D eigenvalue weighted by Gasteiger charge is -2.21. The summed E-state index contributed by atoms with van der Waals surface area (Å²) in [5, 5.41) is 15.1. The maximum atomic E-state index is 13.4. The zero-order valence-corrected chi connectivity index (χ0v) is 11.6. The molecule has 0 saturated heterocycles. The molecular formula is C16H17FN2O2. The molecule has 3 N–H and O–H groups in total. The van der Waals surface area contributed by atoms with E-state index in [9.17, 15) is 14.3 Å². The number of carbonyl (C=O) groups excluding carboxylic acids is 1. The molecule has 0 aliphatic rings. The Morgan fingerprint density at radius 1 is 1.10 bits per heavy atom. The minimum absolute atomic E-state index is 0.0939. The van der Waals surface area contributed by atoms with Gasteiger partial charge in [0, 0.05) is 0 Å². The molecule has 0 bridgehead atoms. The molecule has 0 spiro atoms. The van der Waals surface area contributed by atoms with Crippen LogP contribution in [-0.4, -0.2) is 17.2 Å². The fraction of sp³-hybridized carbons (Fsp3) is 0.188. The average molecular weight is 288 g/mol. The van der Waals surface area contributed by atoms with Crippen molar-refractivity contribution in [2.24, 2.45) is 0 Å². The molecule has 0 unspecified atom stereocenters. The second-order valence-corrected chi connectivity index (χ2v) is 4.72. The number of benzene rings is 2. The highest BCUT2D eigenvalue weighted by Crippen LogP contribution is 2.16. The van der Waals surface area contributed by atoms with Crippen LogP contribution < -0.4 is 10.6 Å². The Hall–Kier alpha value is -2.40. The largest absolute Gasteiger partial charge is 0.386 e. The molecule has 0 aliphatic heterocycles. The Morgan fingerprint density at radius 2 is 1.71 bits per heavy atom. The summed E-state index contributed by atoms with van der Waals surface area (Å²) in [6.45, 7) is 1.68. The zero-order valence-electron chi connectivity index (χ0n) is 11.6. The van der Waals surface area contributed by atoms with E-state index in [2.05, 4.69) is 10.6 Å². The number of nitrogens with one attached hydrogen (secondary N) is 2. The number of aliphatic hydroxyl groups is 1. The number of amides is 2. The summed E-state index contributed by atoms with van der Waals surface area (Å²) in [4.78, 5) is 11.8. The van der Waals surface area contributed by atoms with Crippen molar-refractivity contribution in [3.8, 4) is 0 Å². The van der Waals surface area contributed by atoms with Gasteiger partial charge in [-0.15, -0.1) is 0 Å². The van der Waals surface area contributed by atoms with Crippen LogP contribution in [0.4, 0.5) is 14.9 Å². The fourth-order valence-corrected chi connectivity index (χ4v) is 1.95. The first-order valence-electron chi connectivity index (χ1n) is 6.63. The smallest absolute Gasteiger partial charge is 0.319 e. The normalized spacial score (nSPS) is 13.3. The van der Waals surface area contributed by atoms with Crippen molar-refractivity contribution in [2.75, 3.05) is 5.32 Å². The molecular weight excluding hydrogens is 271 g/mol. The maximum absolute atomic E-state index is 13.4.